The van der Waals surface area contributed by atoms with Crippen molar-refractivity contribution < 1.29 is 4.74 Å². The van der Waals surface area contributed by atoms with E-state index < -0.39 is 0 Å². The van der Waals surface area contributed by atoms with Crippen LogP contribution in [0.4, 0.5) is 10.9 Å². The quantitative estimate of drug-likeness (QED) is 0.877. The number of hydrogen-bond acceptors (Lipinski definition) is 5. The second-order valence-electron chi connectivity index (χ2n) is 4.96. The first-order valence-electron chi connectivity index (χ1n) is 6.22. The van der Waals surface area contributed by atoms with E-state index in [9.17, 15) is 0 Å². The molecular formula is C12H21N3OS. The summed E-state index contributed by atoms with van der Waals surface area (Å²) >= 11 is 1.61. The lowest BCUT2D eigenvalue weighted by Gasteiger charge is -2.15. The Bertz CT molecular complexity index is 353. The molecule has 1 aromatic heterocycles. The van der Waals surface area contributed by atoms with E-state index >= 15 is 0 Å². The highest BCUT2D eigenvalue weighted by molar-refractivity contribution is 7.14. The van der Waals surface area contributed by atoms with Crippen molar-refractivity contribution in [3.63, 3.8) is 0 Å². The smallest absolute Gasteiger partial charge is 0.187 e. The molecule has 0 radical (unpaired) electrons. The lowest BCUT2D eigenvalue weighted by Crippen LogP contribution is -2.23. The molecule has 1 unspecified atom stereocenters. The molecule has 0 saturated carbocycles. The number of thiazole rings is 1. The highest BCUT2D eigenvalue weighted by Gasteiger charge is 2.24. The molecule has 17 heavy (non-hydrogen) atoms. The Morgan fingerprint density at radius 2 is 2.47 bits per heavy atom. The van der Waals surface area contributed by atoms with E-state index in [4.69, 9.17) is 10.5 Å². The number of anilines is 2. The molecule has 1 saturated heterocycles. The molecular weight excluding hydrogens is 234 g/mol. The van der Waals surface area contributed by atoms with Crippen LogP contribution in [-0.2, 0) is 4.74 Å². The van der Waals surface area contributed by atoms with Crippen LogP contribution >= 0.6 is 11.3 Å². The first kappa shape index (κ1) is 12.6. The predicted octanol–water partition coefficient (Wildman–Crippen LogP) is 2.37. The normalized spacial score (nSPS) is 20.4. The molecule has 2 N–H and O–H groups in total. The Labute approximate surface area is 107 Å². The van der Waals surface area contributed by atoms with Gasteiger partial charge in [0.15, 0.2) is 5.13 Å². The zero-order chi connectivity index (χ0) is 12.3. The number of ether oxygens (including phenoxy) is 1. The van der Waals surface area contributed by atoms with E-state index in [1.807, 2.05) is 5.38 Å². The minimum Gasteiger partial charge on any atom is -0.383 e. The number of rotatable bonds is 5. The van der Waals surface area contributed by atoms with Crippen LogP contribution in [0.3, 0.4) is 0 Å². The SMILES string of the molecule is CC(C)CCOC1CCN(c2nc(N)cs2)C1. The molecule has 1 aliphatic heterocycles. The van der Waals surface area contributed by atoms with Crippen molar-refractivity contribution in [3.05, 3.63) is 5.38 Å². The topological polar surface area (TPSA) is 51.4 Å². The van der Waals surface area contributed by atoms with E-state index in [0.29, 0.717) is 17.8 Å². The fraction of sp³-hybridized carbons (Fsp3) is 0.750. The summed E-state index contributed by atoms with van der Waals surface area (Å²) in [6.45, 7) is 7.30. The predicted molar refractivity (Wildman–Crippen MR) is 72.6 cm³/mol. The molecule has 2 heterocycles. The first-order valence-corrected chi connectivity index (χ1v) is 7.10. The average Bonchev–Trinajstić information content (AvgIpc) is 2.86. The minimum atomic E-state index is 0.360. The maximum atomic E-state index is 5.88. The van der Waals surface area contributed by atoms with Crippen molar-refractivity contribution in [1.29, 1.82) is 0 Å². The average molecular weight is 255 g/mol. The fourth-order valence-electron chi connectivity index (χ4n) is 1.93. The monoisotopic (exact) mass is 255 g/mol. The third kappa shape index (κ3) is 3.57. The van der Waals surface area contributed by atoms with Gasteiger partial charge in [0.25, 0.3) is 0 Å². The number of hydrogen-bond donors (Lipinski definition) is 1. The van der Waals surface area contributed by atoms with Crippen LogP contribution in [0.25, 0.3) is 0 Å². The number of aromatic nitrogens is 1. The molecule has 2 rings (SSSR count). The van der Waals surface area contributed by atoms with Crippen LogP contribution in [0.2, 0.25) is 0 Å². The van der Waals surface area contributed by atoms with Crippen molar-refractivity contribution in [2.45, 2.75) is 32.8 Å². The van der Waals surface area contributed by atoms with Crippen LogP contribution in [0.1, 0.15) is 26.7 Å². The number of nitrogen functional groups attached to an aromatic ring is 1. The lowest BCUT2D eigenvalue weighted by molar-refractivity contribution is 0.0609. The summed E-state index contributed by atoms with van der Waals surface area (Å²) in [5.74, 6) is 1.33. The summed E-state index contributed by atoms with van der Waals surface area (Å²) in [7, 11) is 0. The standard InChI is InChI=1S/C12H21N3OS/c1-9(2)4-6-16-10-3-5-15(7-10)12-14-11(13)8-17-12/h8-10H,3-7,13H2,1-2H3. The molecule has 1 fully saturated rings. The Balaban J connectivity index is 1.76. The zero-order valence-electron chi connectivity index (χ0n) is 10.6. The van der Waals surface area contributed by atoms with Gasteiger partial charge in [0.05, 0.1) is 6.10 Å². The van der Waals surface area contributed by atoms with E-state index in [1.165, 1.54) is 0 Å². The largest absolute Gasteiger partial charge is 0.383 e. The van der Waals surface area contributed by atoms with Gasteiger partial charge < -0.3 is 15.4 Å². The summed E-state index contributed by atoms with van der Waals surface area (Å²) < 4.78 is 5.88. The van der Waals surface area contributed by atoms with Gasteiger partial charge in [-0.15, -0.1) is 11.3 Å². The molecule has 0 spiro atoms. The number of nitrogens with zero attached hydrogens (tertiary/aromatic N) is 2. The van der Waals surface area contributed by atoms with Crippen LogP contribution in [-0.4, -0.2) is 30.8 Å². The van der Waals surface area contributed by atoms with E-state index in [-0.39, 0.29) is 0 Å². The van der Waals surface area contributed by atoms with Crippen LogP contribution in [0.15, 0.2) is 5.38 Å². The van der Waals surface area contributed by atoms with Gasteiger partial charge >= 0.3 is 0 Å². The molecule has 96 valence electrons. The van der Waals surface area contributed by atoms with Crippen molar-refractivity contribution in [3.8, 4) is 0 Å². The second kappa shape index (κ2) is 5.69. The van der Waals surface area contributed by atoms with Crippen molar-refractivity contribution in [1.82, 2.24) is 4.98 Å². The first-order chi connectivity index (χ1) is 8.15. The van der Waals surface area contributed by atoms with Crippen molar-refractivity contribution >= 4 is 22.3 Å². The summed E-state index contributed by atoms with van der Waals surface area (Å²) in [6.07, 6.45) is 2.59. The molecule has 0 aliphatic carbocycles. The van der Waals surface area contributed by atoms with Gasteiger partial charge in [-0.1, -0.05) is 13.8 Å². The molecule has 1 aromatic rings. The van der Waals surface area contributed by atoms with Gasteiger partial charge in [-0.25, -0.2) is 4.98 Å². The zero-order valence-corrected chi connectivity index (χ0v) is 11.4. The summed E-state index contributed by atoms with van der Waals surface area (Å²) in [5.41, 5.74) is 5.64. The van der Waals surface area contributed by atoms with Crippen LogP contribution in [0.5, 0.6) is 0 Å². The van der Waals surface area contributed by atoms with Gasteiger partial charge in [0.1, 0.15) is 5.82 Å². The maximum Gasteiger partial charge on any atom is 0.187 e. The fourth-order valence-corrected chi connectivity index (χ4v) is 2.68. The summed E-state index contributed by atoms with van der Waals surface area (Å²) in [4.78, 5) is 6.57. The van der Waals surface area contributed by atoms with Crippen molar-refractivity contribution in [2.24, 2.45) is 5.92 Å². The lowest BCUT2D eigenvalue weighted by atomic mass is 10.1. The molecule has 0 aromatic carbocycles. The van der Waals surface area contributed by atoms with Crippen molar-refractivity contribution in [2.75, 3.05) is 30.3 Å². The summed E-state index contributed by atoms with van der Waals surface area (Å²) in [6, 6.07) is 0. The Kier molecular flexibility index (Phi) is 4.23. The molecule has 4 nitrogen and oxygen atoms in total. The van der Waals surface area contributed by atoms with E-state index in [0.717, 1.165) is 37.7 Å². The van der Waals surface area contributed by atoms with Gasteiger partial charge in [-0.05, 0) is 18.8 Å². The molecule has 5 heteroatoms. The maximum absolute atomic E-state index is 5.88. The van der Waals surface area contributed by atoms with Gasteiger partial charge in [0, 0.05) is 25.1 Å². The van der Waals surface area contributed by atoms with E-state index in [2.05, 4.69) is 23.7 Å². The summed E-state index contributed by atoms with van der Waals surface area (Å²) in [5, 5.41) is 2.92. The third-order valence-corrected chi connectivity index (χ3v) is 3.89. The van der Waals surface area contributed by atoms with Gasteiger partial charge in [-0.2, -0.15) is 0 Å². The van der Waals surface area contributed by atoms with Crippen LogP contribution < -0.4 is 10.6 Å². The molecule has 0 bridgehead atoms. The van der Waals surface area contributed by atoms with E-state index in [1.54, 1.807) is 11.3 Å². The Morgan fingerprint density at radius 1 is 1.65 bits per heavy atom. The van der Waals surface area contributed by atoms with Crippen LogP contribution in [0, 0.1) is 5.92 Å². The number of nitrogens with two attached hydrogens (primary N) is 1. The Hall–Kier alpha value is -0.810. The molecule has 0 amide bonds. The highest BCUT2D eigenvalue weighted by atomic mass is 32.1. The molecule has 1 aliphatic rings. The minimum absolute atomic E-state index is 0.360. The highest BCUT2D eigenvalue weighted by Crippen LogP contribution is 2.26. The van der Waals surface area contributed by atoms with Gasteiger partial charge in [-0.3, -0.25) is 0 Å². The third-order valence-electron chi connectivity index (χ3n) is 2.97. The van der Waals surface area contributed by atoms with Gasteiger partial charge in [0.2, 0.25) is 0 Å². The molecule has 1 atom stereocenters. The second-order valence-corrected chi connectivity index (χ2v) is 5.80. The Morgan fingerprint density at radius 3 is 3.12 bits per heavy atom.